The van der Waals surface area contributed by atoms with Gasteiger partial charge in [0.05, 0.1) is 18.6 Å². The average Bonchev–Trinajstić information content (AvgIpc) is 3.10. The molecule has 1 saturated heterocycles. The molecule has 9 heteroatoms. The maximum atomic E-state index is 12.4. The van der Waals surface area contributed by atoms with Gasteiger partial charge in [-0.15, -0.1) is 0 Å². The maximum absolute atomic E-state index is 12.4. The van der Waals surface area contributed by atoms with Gasteiger partial charge in [-0.25, -0.2) is 4.79 Å². The lowest BCUT2D eigenvalue weighted by Gasteiger charge is -2.39. The van der Waals surface area contributed by atoms with Gasteiger partial charge in [0.1, 0.15) is 18.9 Å². The lowest BCUT2D eigenvalue weighted by Crippen LogP contribution is -2.49. The molecule has 2 heterocycles. The minimum atomic E-state index is -0.954. The third-order valence-corrected chi connectivity index (χ3v) is 4.43. The molecule has 2 N–H and O–H groups in total. The summed E-state index contributed by atoms with van der Waals surface area (Å²) in [6.07, 6.45) is 3.24. The van der Waals surface area contributed by atoms with Crippen LogP contribution in [0, 0.1) is 5.41 Å². The van der Waals surface area contributed by atoms with Gasteiger partial charge in [0.25, 0.3) is 5.91 Å². The SMILES string of the molecule is CCCC[C@H](NC(=O)OCC1(CC)COC1)C(=O)C(=O)Nc1ccon1. The molecule has 26 heavy (non-hydrogen) atoms. The predicted molar refractivity (Wildman–Crippen MR) is 91.5 cm³/mol. The number of aromatic nitrogens is 1. The van der Waals surface area contributed by atoms with Gasteiger partial charge in [0.2, 0.25) is 5.78 Å². The van der Waals surface area contributed by atoms with E-state index >= 15 is 0 Å². The van der Waals surface area contributed by atoms with Crippen LogP contribution in [0.2, 0.25) is 0 Å². The number of carbonyl (C=O) groups excluding carboxylic acids is 3. The fourth-order valence-electron chi connectivity index (χ4n) is 2.47. The number of hydrogen-bond donors (Lipinski definition) is 2. The zero-order valence-electron chi connectivity index (χ0n) is 15.1. The second-order valence-electron chi connectivity index (χ2n) is 6.46. The first kappa shape index (κ1) is 19.9. The van der Waals surface area contributed by atoms with Crippen molar-refractivity contribution in [2.45, 2.75) is 45.6 Å². The van der Waals surface area contributed by atoms with Gasteiger partial charge < -0.3 is 24.6 Å². The third kappa shape index (κ3) is 5.29. The van der Waals surface area contributed by atoms with E-state index in [0.29, 0.717) is 26.1 Å². The zero-order valence-corrected chi connectivity index (χ0v) is 15.1. The van der Waals surface area contributed by atoms with E-state index < -0.39 is 23.8 Å². The predicted octanol–water partition coefficient (Wildman–Crippen LogP) is 1.89. The van der Waals surface area contributed by atoms with Crippen LogP contribution in [-0.2, 0) is 19.1 Å². The maximum Gasteiger partial charge on any atom is 0.407 e. The fourth-order valence-corrected chi connectivity index (χ4v) is 2.47. The number of ketones is 1. The molecule has 1 aliphatic rings. The molecule has 1 aromatic heterocycles. The smallest absolute Gasteiger partial charge is 0.407 e. The highest BCUT2D eigenvalue weighted by Gasteiger charge is 2.38. The van der Waals surface area contributed by atoms with Crippen molar-refractivity contribution in [1.29, 1.82) is 0 Å². The van der Waals surface area contributed by atoms with Gasteiger partial charge in [-0.05, 0) is 12.8 Å². The summed E-state index contributed by atoms with van der Waals surface area (Å²) in [6.45, 7) is 5.28. The summed E-state index contributed by atoms with van der Waals surface area (Å²) < 4.78 is 15.0. The number of alkyl carbamates (subject to hydrolysis) is 1. The molecule has 0 aromatic carbocycles. The number of anilines is 1. The highest BCUT2D eigenvalue weighted by Crippen LogP contribution is 2.31. The van der Waals surface area contributed by atoms with Crippen molar-refractivity contribution in [3.63, 3.8) is 0 Å². The van der Waals surface area contributed by atoms with Gasteiger partial charge in [-0.3, -0.25) is 9.59 Å². The van der Waals surface area contributed by atoms with Gasteiger partial charge >= 0.3 is 6.09 Å². The summed E-state index contributed by atoms with van der Waals surface area (Å²) in [5.41, 5.74) is -0.148. The molecule has 2 amide bonds. The summed E-state index contributed by atoms with van der Waals surface area (Å²) in [6, 6.07) is 0.461. The van der Waals surface area contributed by atoms with Crippen LogP contribution in [0.3, 0.4) is 0 Å². The molecule has 9 nitrogen and oxygen atoms in total. The Kier molecular flexibility index (Phi) is 7.14. The van der Waals surface area contributed by atoms with Crippen LogP contribution in [-0.4, -0.2) is 48.8 Å². The van der Waals surface area contributed by atoms with Gasteiger partial charge in [-0.2, -0.15) is 0 Å². The van der Waals surface area contributed by atoms with E-state index in [0.717, 1.165) is 12.8 Å². The second-order valence-corrected chi connectivity index (χ2v) is 6.46. The number of Topliss-reactive ketones (excluding diaryl/α,β-unsaturated/α-hetero) is 1. The van der Waals surface area contributed by atoms with E-state index in [9.17, 15) is 14.4 Å². The van der Waals surface area contributed by atoms with Gasteiger partial charge in [0, 0.05) is 6.07 Å². The van der Waals surface area contributed by atoms with Crippen molar-refractivity contribution in [3.05, 3.63) is 12.3 Å². The van der Waals surface area contributed by atoms with Crippen molar-refractivity contribution in [3.8, 4) is 0 Å². The highest BCUT2D eigenvalue weighted by atomic mass is 16.6. The normalized spacial score (nSPS) is 16.2. The monoisotopic (exact) mass is 367 g/mol. The van der Waals surface area contributed by atoms with Crippen LogP contribution >= 0.6 is 0 Å². The Bertz CT molecular complexity index is 607. The van der Waals surface area contributed by atoms with Crippen molar-refractivity contribution in [1.82, 2.24) is 10.5 Å². The minimum absolute atomic E-state index is 0.134. The number of amides is 2. The van der Waals surface area contributed by atoms with Crippen LogP contribution in [0.25, 0.3) is 0 Å². The minimum Gasteiger partial charge on any atom is -0.449 e. The molecule has 1 aromatic rings. The molecule has 144 valence electrons. The first-order chi connectivity index (χ1) is 12.5. The lowest BCUT2D eigenvalue weighted by molar-refractivity contribution is -0.140. The Morgan fingerprint density at radius 3 is 2.65 bits per heavy atom. The molecule has 0 radical (unpaired) electrons. The Morgan fingerprint density at radius 1 is 1.35 bits per heavy atom. The molecule has 0 saturated carbocycles. The van der Waals surface area contributed by atoms with Crippen LogP contribution in [0.5, 0.6) is 0 Å². The fraction of sp³-hybridized carbons (Fsp3) is 0.647. The molecule has 0 spiro atoms. The lowest BCUT2D eigenvalue weighted by atomic mass is 9.84. The van der Waals surface area contributed by atoms with E-state index in [-0.39, 0.29) is 17.8 Å². The number of unbranched alkanes of at least 4 members (excludes halogenated alkanes) is 1. The summed E-state index contributed by atoms with van der Waals surface area (Å²) in [4.78, 5) is 36.5. The molecule has 0 bridgehead atoms. The topological polar surface area (TPSA) is 120 Å². The van der Waals surface area contributed by atoms with E-state index in [1.807, 2.05) is 13.8 Å². The number of nitrogens with one attached hydrogen (secondary N) is 2. The number of ether oxygens (including phenoxy) is 2. The first-order valence-corrected chi connectivity index (χ1v) is 8.76. The van der Waals surface area contributed by atoms with E-state index in [4.69, 9.17) is 9.47 Å². The number of rotatable bonds is 10. The van der Waals surface area contributed by atoms with Crippen molar-refractivity contribution < 1.29 is 28.4 Å². The second kappa shape index (κ2) is 9.33. The average molecular weight is 367 g/mol. The van der Waals surface area contributed by atoms with Crippen LogP contribution in [0.1, 0.15) is 39.5 Å². The van der Waals surface area contributed by atoms with Crippen LogP contribution in [0.4, 0.5) is 10.6 Å². The van der Waals surface area contributed by atoms with E-state index in [1.54, 1.807) is 0 Å². The largest absolute Gasteiger partial charge is 0.449 e. The highest BCUT2D eigenvalue weighted by molar-refractivity contribution is 6.42. The van der Waals surface area contributed by atoms with Crippen LogP contribution in [0.15, 0.2) is 16.9 Å². The van der Waals surface area contributed by atoms with Crippen molar-refractivity contribution >= 4 is 23.6 Å². The molecule has 0 aliphatic carbocycles. The van der Waals surface area contributed by atoms with Gasteiger partial charge in [-0.1, -0.05) is 31.8 Å². The quantitative estimate of drug-likeness (QED) is 0.606. The summed E-state index contributed by atoms with van der Waals surface area (Å²) in [5.74, 6) is -1.48. The Morgan fingerprint density at radius 2 is 2.12 bits per heavy atom. The standard InChI is InChI=1S/C17H25N3O6/c1-3-5-6-12(14(21)15(22)19-13-7-8-26-20-13)18-16(23)25-11-17(4-2)9-24-10-17/h7-8,12H,3-6,9-11H2,1-2H3,(H,18,23)(H,19,20,22)/t12-/m0/s1. The molecule has 1 aliphatic heterocycles. The molecule has 2 rings (SSSR count). The Hall–Kier alpha value is -2.42. The molecule has 1 fully saturated rings. The van der Waals surface area contributed by atoms with Crippen LogP contribution < -0.4 is 10.6 Å². The van der Waals surface area contributed by atoms with Gasteiger partial charge in [0.15, 0.2) is 5.82 Å². The molecular weight excluding hydrogens is 342 g/mol. The van der Waals surface area contributed by atoms with Crippen molar-refractivity contribution in [2.75, 3.05) is 25.1 Å². The Balaban J connectivity index is 1.89. The molecular formula is C17H25N3O6. The first-order valence-electron chi connectivity index (χ1n) is 8.76. The summed E-state index contributed by atoms with van der Waals surface area (Å²) >= 11 is 0. The van der Waals surface area contributed by atoms with Crippen molar-refractivity contribution in [2.24, 2.45) is 5.41 Å². The third-order valence-electron chi connectivity index (χ3n) is 4.43. The number of hydrogen-bond acceptors (Lipinski definition) is 7. The van der Waals surface area contributed by atoms with E-state index in [1.165, 1.54) is 12.3 Å². The Labute approximate surface area is 151 Å². The number of carbonyl (C=O) groups is 3. The molecule has 1 atom stereocenters. The van der Waals surface area contributed by atoms with E-state index in [2.05, 4.69) is 20.3 Å². The summed E-state index contributed by atoms with van der Waals surface area (Å²) in [7, 11) is 0. The summed E-state index contributed by atoms with van der Waals surface area (Å²) in [5, 5.41) is 8.35. The number of nitrogens with zero attached hydrogens (tertiary/aromatic N) is 1. The zero-order chi connectivity index (χ0) is 19.0. The molecule has 0 unspecified atom stereocenters.